The van der Waals surface area contributed by atoms with Gasteiger partial charge in [0.15, 0.2) is 18.1 Å². The van der Waals surface area contributed by atoms with Crippen LogP contribution in [0.1, 0.15) is 17.3 Å². The number of ether oxygens (including phenoxy) is 2. The van der Waals surface area contributed by atoms with Gasteiger partial charge in [-0.3, -0.25) is 9.59 Å². The second-order valence-electron chi connectivity index (χ2n) is 4.73. The van der Waals surface area contributed by atoms with E-state index in [4.69, 9.17) is 21.1 Å². The van der Waals surface area contributed by atoms with Gasteiger partial charge >= 0.3 is 0 Å². The largest absolute Gasteiger partial charge is 0.490 e. The lowest BCUT2D eigenvalue weighted by molar-refractivity contribution is -0.118. The summed E-state index contributed by atoms with van der Waals surface area (Å²) < 4.78 is 11.5. The van der Waals surface area contributed by atoms with Crippen molar-refractivity contribution in [2.75, 3.05) is 18.5 Å². The van der Waals surface area contributed by atoms with E-state index >= 15 is 0 Å². The molecular weight excluding hydrogens is 398 g/mol. The molecule has 2 aromatic rings. The number of carbonyl (C=O) groups is 2. The minimum Gasteiger partial charge on any atom is -0.490 e. The number of hydrogen-bond acceptors (Lipinski definition) is 4. The Hall–Kier alpha value is -2.05. The first kappa shape index (κ1) is 18.3. The molecule has 0 aliphatic rings. The number of halogens is 2. The third-order valence-electron chi connectivity index (χ3n) is 2.92. The summed E-state index contributed by atoms with van der Waals surface area (Å²) in [6.07, 6.45) is 0.711. The van der Waals surface area contributed by atoms with Crippen molar-refractivity contribution in [3.05, 3.63) is 51.5 Å². The third kappa shape index (κ3) is 4.97. The zero-order chi connectivity index (χ0) is 17.5. The fourth-order valence-electron chi connectivity index (χ4n) is 1.96. The van der Waals surface area contributed by atoms with Crippen LogP contribution >= 0.6 is 27.5 Å². The summed E-state index contributed by atoms with van der Waals surface area (Å²) in [7, 11) is 0. The van der Waals surface area contributed by atoms with Gasteiger partial charge in [0.2, 0.25) is 0 Å². The Morgan fingerprint density at radius 2 is 2.08 bits per heavy atom. The lowest BCUT2D eigenvalue weighted by Gasteiger charge is -2.14. The molecule has 2 aromatic carbocycles. The van der Waals surface area contributed by atoms with Crippen molar-refractivity contribution in [3.8, 4) is 11.5 Å². The highest BCUT2D eigenvalue weighted by Crippen LogP contribution is 2.36. The van der Waals surface area contributed by atoms with E-state index in [0.717, 1.165) is 0 Å². The number of hydrogen-bond donors (Lipinski definition) is 1. The van der Waals surface area contributed by atoms with Crippen LogP contribution in [0.2, 0.25) is 5.02 Å². The second-order valence-corrected chi connectivity index (χ2v) is 6.02. The van der Waals surface area contributed by atoms with Gasteiger partial charge in [-0.25, -0.2) is 0 Å². The molecule has 0 bridgehead atoms. The van der Waals surface area contributed by atoms with E-state index in [1.807, 2.05) is 6.92 Å². The molecule has 0 aliphatic heterocycles. The van der Waals surface area contributed by atoms with E-state index in [2.05, 4.69) is 21.2 Å². The van der Waals surface area contributed by atoms with Gasteiger partial charge in [0, 0.05) is 16.3 Å². The van der Waals surface area contributed by atoms with Crippen LogP contribution in [0.5, 0.6) is 11.5 Å². The van der Waals surface area contributed by atoms with E-state index in [9.17, 15) is 9.59 Å². The molecule has 5 nitrogen and oxygen atoms in total. The molecule has 126 valence electrons. The summed E-state index contributed by atoms with van der Waals surface area (Å²) in [4.78, 5) is 22.9. The van der Waals surface area contributed by atoms with Gasteiger partial charge in [-0.15, -0.1) is 0 Å². The number of benzene rings is 2. The Bertz CT molecular complexity index is 751. The summed E-state index contributed by atoms with van der Waals surface area (Å²) >= 11 is 9.19. The van der Waals surface area contributed by atoms with Gasteiger partial charge in [0.1, 0.15) is 6.29 Å². The minimum absolute atomic E-state index is 0.217. The van der Waals surface area contributed by atoms with Crippen molar-refractivity contribution in [1.29, 1.82) is 0 Å². The number of aldehydes is 1. The maximum absolute atomic E-state index is 12.0. The van der Waals surface area contributed by atoms with Crippen molar-refractivity contribution >= 4 is 45.4 Å². The van der Waals surface area contributed by atoms with Crippen LogP contribution in [0.25, 0.3) is 0 Å². The van der Waals surface area contributed by atoms with Crippen molar-refractivity contribution in [3.63, 3.8) is 0 Å². The van der Waals surface area contributed by atoms with E-state index in [1.165, 1.54) is 0 Å². The summed E-state index contributed by atoms with van der Waals surface area (Å²) in [5, 5.41) is 3.21. The molecule has 7 heteroatoms. The van der Waals surface area contributed by atoms with Gasteiger partial charge in [0.25, 0.3) is 5.91 Å². The van der Waals surface area contributed by atoms with Crippen molar-refractivity contribution in [1.82, 2.24) is 0 Å². The Balaban J connectivity index is 2.07. The highest BCUT2D eigenvalue weighted by atomic mass is 79.9. The first-order valence-corrected chi connectivity index (χ1v) is 8.30. The Kier molecular flexibility index (Phi) is 6.63. The van der Waals surface area contributed by atoms with Crippen LogP contribution < -0.4 is 14.8 Å². The quantitative estimate of drug-likeness (QED) is 0.687. The Morgan fingerprint density at radius 1 is 1.29 bits per heavy atom. The molecule has 24 heavy (non-hydrogen) atoms. The first-order chi connectivity index (χ1) is 11.5. The summed E-state index contributed by atoms with van der Waals surface area (Å²) in [6.45, 7) is 2.00. The number of rotatable bonds is 7. The standard InChI is InChI=1S/C17H15BrClNO4/c1-2-23-15-7-11(9-21)6-14(18)17(15)24-10-16(22)20-13-5-3-4-12(19)8-13/h3-9H,2,10H2,1H3,(H,20,22). The minimum atomic E-state index is -0.342. The highest BCUT2D eigenvalue weighted by Gasteiger charge is 2.14. The smallest absolute Gasteiger partial charge is 0.262 e. The Morgan fingerprint density at radius 3 is 2.75 bits per heavy atom. The zero-order valence-electron chi connectivity index (χ0n) is 12.8. The first-order valence-electron chi connectivity index (χ1n) is 7.13. The van der Waals surface area contributed by atoms with Crippen LogP contribution in [0.3, 0.4) is 0 Å². The van der Waals surface area contributed by atoms with Gasteiger partial charge < -0.3 is 14.8 Å². The zero-order valence-corrected chi connectivity index (χ0v) is 15.2. The van der Waals surface area contributed by atoms with Gasteiger partial charge in [-0.05, 0) is 53.2 Å². The number of nitrogens with one attached hydrogen (secondary N) is 1. The van der Waals surface area contributed by atoms with Crippen LogP contribution in [0.15, 0.2) is 40.9 Å². The van der Waals surface area contributed by atoms with E-state index in [-0.39, 0.29) is 12.5 Å². The fraction of sp³-hybridized carbons (Fsp3) is 0.176. The van der Waals surface area contributed by atoms with E-state index < -0.39 is 0 Å². The van der Waals surface area contributed by atoms with E-state index in [1.54, 1.807) is 36.4 Å². The topological polar surface area (TPSA) is 64.6 Å². The third-order valence-corrected chi connectivity index (χ3v) is 3.75. The lowest BCUT2D eigenvalue weighted by atomic mass is 10.2. The summed E-state index contributed by atoms with van der Waals surface area (Å²) in [5.41, 5.74) is 1.03. The number of amides is 1. The van der Waals surface area contributed by atoms with Crippen LogP contribution in [0.4, 0.5) is 5.69 Å². The van der Waals surface area contributed by atoms with Crippen LogP contribution in [-0.2, 0) is 4.79 Å². The summed E-state index contributed by atoms with van der Waals surface area (Å²) in [6, 6.07) is 9.98. The maximum atomic E-state index is 12.0. The molecule has 0 radical (unpaired) electrons. The van der Waals surface area contributed by atoms with E-state index in [0.29, 0.717) is 45.1 Å². The molecule has 1 N–H and O–H groups in total. The highest BCUT2D eigenvalue weighted by molar-refractivity contribution is 9.10. The molecule has 0 aliphatic carbocycles. The predicted octanol–water partition coefficient (Wildman–Crippen LogP) is 4.33. The second kappa shape index (κ2) is 8.70. The lowest BCUT2D eigenvalue weighted by Crippen LogP contribution is -2.20. The monoisotopic (exact) mass is 411 g/mol. The summed E-state index contributed by atoms with van der Waals surface area (Å²) in [5.74, 6) is 0.416. The fourth-order valence-corrected chi connectivity index (χ4v) is 2.72. The predicted molar refractivity (Wildman–Crippen MR) is 96.3 cm³/mol. The van der Waals surface area contributed by atoms with Crippen LogP contribution in [0, 0.1) is 0 Å². The van der Waals surface area contributed by atoms with Gasteiger partial charge in [0.05, 0.1) is 11.1 Å². The molecular formula is C17H15BrClNO4. The van der Waals surface area contributed by atoms with Gasteiger partial charge in [-0.2, -0.15) is 0 Å². The normalized spacial score (nSPS) is 10.1. The SMILES string of the molecule is CCOc1cc(C=O)cc(Br)c1OCC(=O)Nc1cccc(Cl)c1. The molecule has 0 atom stereocenters. The van der Waals surface area contributed by atoms with Gasteiger partial charge in [-0.1, -0.05) is 17.7 Å². The molecule has 0 saturated carbocycles. The van der Waals surface area contributed by atoms with Crippen molar-refractivity contribution in [2.45, 2.75) is 6.92 Å². The molecule has 0 saturated heterocycles. The van der Waals surface area contributed by atoms with Crippen molar-refractivity contribution in [2.24, 2.45) is 0 Å². The molecule has 0 fully saturated rings. The average molecular weight is 413 g/mol. The molecule has 2 rings (SSSR count). The molecule has 0 spiro atoms. The number of anilines is 1. The Labute approximate surface area is 153 Å². The molecule has 0 aromatic heterocycles. The van der Waals surface area contributed by atoms with Crippen LogP contribution in [-0.4, -0.2) is 25.4 Å². The van der Waals surface area contributed by atoms with Crippen molar-refractivity contribution < 1.29 is 19.1 Å². The molecule has 0 unspecified atom stereocenters. The number of carbonyl (C=O) groups excluding carboxylic acids is 2. The average Bonchev–Trinajstić information content (AvgIpc) is 2.54. The molecule has 0 heterocycles. The molecule has 1 amide bonds. The maximum Gasteiger partial charge on any atom is 0.262 e.